The third kappa shape index (κ3) is 4.10. The molecule has 0 spiro atoms. The van der Waals surface area contributed by atoms with Crippen molar-refractivity contribution in [1.29, 1.82) is 5.41 Å². The molecule has 0 unspecified atom stereocenters. The summed E-state index contributed by atoms with van der Waals surface area (Å²) in [6.45, 7) is 4.19. The van der Waals surface area contributed by atoms with E-state index in [0.717, 1.165) is 49.5 Å². The molecule has 3 rings (SSSR count). The number of nitrogens with zero attached hydrogens (tertiary/aromatic N) is 1. The standard InChI is InChI=1S/C19H24N4S/c1-24-19(20)17-9-8-16(23-12-5-10-21-11-13-23)14-18(17)22-15-6-3-2-4-7-15/h2-4,6-9,14,20-22H,5,10-13H2,1H3. The molecule has 1 saturated heterocycles. The minimum atomic E-state index is 0.581. The second-order valence-corrected chi connectivity index (χ2v) is 6.66. The SMILES string of the molecule is CSC(=N)c1ccc(N2CCCNCC2)cc1Nc1ccccc1. The van der Waals surface area contributed by atoms with Crippen LogP contribution in [0.5, 0.6) is 0 Å². The smallest absolute Gasteiger partial charge is 0.0960 e. The van der Waals surface area contributed by atoms with Crippen LogP contribution in [0.25, 0.3) is 0 Å². The van der Waals surface area contributed by atoms with Gasteiger partial charge < -0.3 is 15.5 Å². The summed E-state index contributed by atoms with van der Waals surface area (Å²) in [5, 5.41) is 15.7. The zero-order valence-corrected chi connectivity index (χ0v) is 14.8. The van der Waals surface area contributed by atoms with E-state index in [9.17, 15) is 0 Å². The van der Waals surface area contributed by atoms with Crippen LogP contribution in [0.4, 0.5) is 17.1 Å². The second kappa shape index (κ2) is 8.22. The Morgan fingerprint density at radius 3 is 2.75 bits per heavy atom. The molecule has 2 aromatic rings. The third-order valence-corrected chi connectivity index (χ3v) is 4.84. The van der Waals surface area contributed by atoms with Crippen LogP contribution in [-0.2, 0) is 0 Å². The van der Waals surface area contributed by atoms with Gasteiger partial charge in [0.05, 0.1) is 10.7 Å². The van der Waals surface area contributed by atoms with E-state index in [1.165, 1.54) is 17.4 Å². The van der Waals surface area contributed by atoms with E-state index in [1.54, 1.807) is 0 Å². The van der Waals surface area contributed by atoms with Crippen molar-refractivity contribution in [2.75, 3.05) is 42.7 Å². The summed E-state index contributed by atoms with van der Waals surface area (Å²) in [6.07, 6.45) is 3.10. The highest BCUT2D eigenvalue weighted by molar-refractivity contribution is 8.13. The number of hydrogen-bond acceptors (Lipinski definition) is 5. The number of thioether (sulfide) groups is 1. The molecule has 2 aromatic carbocycles. The van der Waals surface area contributed by atoms with E-state index in [2.05, 4.69) is 45.9 Å². The molecular formula is C19H24N4S. The van der Waals surface area contributed by atoms with Crippen molar-refractivity contribution in [3.05, 3.63) is 54.1 Å². The molecule has 5 heteroatoms. The van der Waals surface area contributed by atoms with E-state index in [4.69, 9.17) is 5.41 Å². The largest absolute Gasteiger partial charge is 0.370 e. The van der Waals surface area contributed by atoms with Crippen molar-refractivity contribution >= 4 is 33.9 Å². The molecule has 0 saturated carbocycles. The fourth-order valence-electron chi connectivity index (χ4n) is 2.92. The van der Waals surface area contributed by atoms with Gasteiger partial charge in [-0.2, -0.15) is 0 Å². The Labute approximate surface area is 148 Å². The van der Waals surface area contributed by atoms with E-state index >= 15 is 0 Å². The van der Waals surface area contributed by atoms with Crippen LogP contribution in [0.3, 0.4) is 0 Å². The van der Waals surface area contributed by atoms with Gasteiger partial charge in [0.25, 0.3) is 0 Å². The van der Waals surface area contributed by atoms with Crippen molar-refractivity contribution in [3.63, 3.8) is 0 Å². The molecule has 0 radical (unpaired) electrons. The third-order valence-electron chi connectivity index (χ3n) is 4.21. The highest BCUT2D eigenvalue weighted by atomic mass is 32.2. The number of hydrogen-bond donors (Lipinski definition) is 3. The first kappa shape index (κ1) is 16.9. The Kier molecular flexibility index (Phi) is 5.77. The molecule has 1 fully saturated rings. The first-order valence-corrected chi connectivity index (χ1v) is 9.55. The number of rotatable bonds is 4. The molecule has 4 nitrogen and oxygen atoms in total. The second-order valence-electron chi connectivity index (χ2n) is 5.84. The molecule has 0 aromatic heterocycles. The minimum Gasteiger partial charge on any atom is -0.370 e. The van der Waals surface area contributed by atoms with Gasteiger partial charge in [0.15, 0.2) is 0 Å². The van der Waals surface area contributed by atoms with E-state index < -0.39 is 0 Å². The van der Waals surface area contributed by atoms with Crippen molar-refractivity contribution in [1.82, 2.24) is 5.32 Å². The Morgan fingerprint density at radius 1 is 1.12 bits per heavy atom. The Morgan fingerprint density at radius 2 is 1.96 bits per heavy atom. The molecule has 3 N–H and O–H groups in total. The van der Waals surface area contributed by atoms with E-state index in [0.29, 0.717) is 5.04 Å². The molecule has 1 aliphatic rings. The predicted molar refractivity (Wildman–Crippen MR) is 106 cm³/mol. The molecular weight excluding hydrogens is 316 g/mol. The summed E-state index contributed by atoms with van der Waals surface area (Å²) >= 11 is 1.47. The van der Waals surface area contributed by atoms with Crippen LogP contribution in [0.15, 0.2) is 48.5 Å². The van der Waals surface area contributed by atoms with Gasteiger partial charge in [0.1, 0.15) is 0 Å². The van der Waals surface area contributed by atoms with Gasteiger partial charge >= 0.3 is 0 Å². The minimum absolute atomic E-state index is 0.581. The van der Waals surface area contributed by atoms with Crippen molar-refractivity contribution in [2.24, 2.45) is 0 Å². The van der Waals surface area contributed by atoms with Crippen LogP contribution < -0.4 is 15.5 Å². The Hall–Kier alpha value is -1.98. The van der Waals surface area contributed by atoms with Crippen LogP contribution in [0.1, 0.15) is 12.0 Å². The Bertz CT molecular complexity index is 679. The van der Waals surface area contributed by atoms with Crippen molar-refractivity contribution in [3.8, 4) is 0 Å². The lowest BCUT2D eigenvalue weighted by Gasteiger charge is -2.24. The maximum Gasteiger partial charge on any atom is 0.0960 e. The van der Waals surface area contributed by atoms with Gasteiger partial charge in [-0.25, -0.2) is 0 Å². The van der Waals surface area contributed by atoms with Gasteiger partial charge in [-0.3, -0.25) is 5.41 Å². The fourth-order valence-corrected chi connectivity index (χ4v) is 3.32. The summed E-state index contributed by atoms with van der Waals surface area (Å²) in [6, 6.07) is 16.5. The number of para-hydroxylation sites is 1. The highest BCUT2D eigenvalue weighted by Crippen LogP contribution is 2.29. The molecule has 0 aliphatic carbocycles. The molecule has 24 heavy (non-hydrogen) atoms. The van der Waals surface area contributed by atoms with Crippen LogP contribution >= 0.6 is 11.8 Å². The van der Waals surface area contributed by atoms with Crippen LogP contribution in [0, 0.1) is 5.41 Å². The summed E-state index contributed by atoms with van der Waals surface area (Å²) in [4.78, 5) is 2.42. The summed E-state index contributed by atoms with van der Waals surface area (Å²) < 4.78 is 0. The quantitative estimate of drug-likeness (QED) is 0.583. The number of anilines is 3. The molecule has 1 aliphatic heterocycles. The monoisotopic (exact) mass is 340 g/mol. The average molecular weight is 340 g/mol. The lowest BCUT2D eigenvalue weighted by molar-refractivity contribution is 0.724. The van der Waals surface area contributed by atoms with Gasteiger partial charge in [-0.05, 0) is 49.6 Å². The lowest BCUT2D eigenvalue weighted by atomic mass is 10.1. The zero-order chi connectivity index (χ0) is 16.8. The fraction of sp³-hybridized carbons (Fsp3) is 0.316. The molecule has 1 heterocycles. The van der Waals surface area contributed by atoms with E-state index in [-0.39, 0.29) is 0 Å². The summed E-state index contributed by atoms with van der Waals surface area (Å²) in [5.74, 6) is 0. The Balaban J connectivity index is 1.92. The molecule has 0 amide bonds. The average Bonchev–Trinajstić information content (AvgIpc) is 2.91. The maximum atomic E-state index is 8.23. The topological polar surface area (TPSA) is 51.2 Å². The molecule has 126 valence electrons. The van der Waals surface area contributed by atoms with Gasteiger partial charge in [-0.1, -0.05) is 18.2 Å². The predicted octanol–water partition coefficient (Wildman–Crippen LogP) is 3.92. The van der Waals surface area contributed by atoms with Gasteiger partial charge in [0.2, 0.25) is 0 Å². The van der Waals surface area contributed by atoms with Crippen LogP contribution in [-0.4, -0.2) is 37.5 Å². The van der Waals surface area contributed by atoms with Gasteiger partial charge in [0, 0.05) is 36.6 Å². The van der Waals surface area contributed by atoms with Gasteiger partial charge in [-0.15, -0.1) is 11.8 Å². The number of nitrogens with one attached hydrogen (secondary N) is 3. The normalized spacial score (nSPS) is 15.0. The summed E-state index contributed by atoms with van der Waals surface area (Å²) in [5.41, 5.74) is 4.20. The van der Waals surface area contributed by atoms with E-state index in [1.807, 2.05) is 24.5 Å². The highest BCUT2D eigenvalue weighted by Gasteiger charge is 2.14. The van der Waals surface area contributed by atoms with Crippen LogP contribution in [0.2, 0.25) is 0 Å². The molecule has 0 bridgehead atoms. The summed E-state index contributed by atoms with van der Waals surface area (Å²) in [7, 11) is 0. The first-order chi connectivity index (χ1) is 11.8. The van der Waals surface area contributed by atoms with Crippen molar-refractivity contribution < 1.29 is 0 Å². The maximum absolute atomic E-state index is 8.23. The number of benzene rings is 2. The zero-order valence-electron chi connectivity index (χ0n) is 14.0. The lowest BCUT2D eigenvalue weighted by Crippen LogP contribution is -2.27. The first-order valence-electron chi connectivity index (χ1n) is 8.32. The molecule has 0 atom stereocenters. The van der Waals surface area contributed by atoms with Crippen molar-refractivity contribution in [2.45, 2.75) is 6.42 Å².